The maximum Gasteiger partial charge on any atom is 0.191 e. The van der Waals surface area contributed by atoms with Crippen molar-refractivity contribution in [1.82, 2.24) is 0 Å². The average Bonchev–Trinajstić information content (AvgIpc) is 2.09. The van der Waals surface area contributed by atoms with Crippen LogP contribution in [0.4, 0.5) is 0 Å². The molecule has 0 unspecified atom stereocenters. The van der Waals surface area contributed by atoms with Crippen LogP contribution in [0.1, 0.15) is 40.0 Å². The topological polar surface area (TPSA) is 41.8 Å². The highest BCUT2D eigenvalue weighted by Crippen LogP contribution is 2.36. The summed E-state index contributed by atoms with van der Waals surface area (Å²) in [5.74, 6) is 0. The molecule has 0 heterocycles. The minimum atomic E-state index is -1.56. The van der Waals surface area contributed by atoms with E-state index in [4.69, 9.17) is 9.63 Å². The number of nitrogens with zero attached hydrogens (tertiary/aromatic N) is 1. The van der Waals surface area contributed by atoms with E-state index in [2.05, 4.69) is 39.0 Å². The third kappa shape index (κ3) is 5.94. The lowest BCUT2D eigenvalue weighted by Gasteiger charge is -2.36. The first-order valence-electron chi connectivity index (χ1n) is 5.61. The van der Waals surface area contributed by atoms with Crippen LogP contribution in [0.25, 0.3) is 0 Å². The lowest BCUT2D eigenvalue weighted by Crippen LogP contribution is -2.40. The highest BCUT2D eigenvalue weighted by Gasteiger charge is 2.36. The fourth-order valence-corrected chi connectivity index (χ4v) is 2.03. The van der Waals surface area contributed by atoms with E-state index >= 15 is 0 Å². The van der Waals surface area contributed by atoms with E-state index in [1.807, 2.05) is 0 Å². The molecule has 0 fully saturated rings. The highest BCUT2D eigenvalue weighted by molar-refractivity contribution is 6.74. The summed E-state index contributed by atoms with van der Waals surface area (Å²) in [5, 5.41) is 11.5. The van der Waals surface area contributed by atoms with Crippen LogP contribution in [0.15, 0.2) is 5.16 Å². The molecule has 0 spiro atoms. The molecule has 0 aliphatic heterocycles. The lowest BCUT2D eigenvalue weighted by atomic mass is 10.2. The highest BCUT2D eigenvalue weighted by atomic mass is 28.4. The van der Waals surface area contributed by atoms with Gasteiger partial charge in [-0.25, -0.2) is 0 Å². The molecule has 0 rings (SSSR count). The summed E-state index contributed by atoms with van der Waals surface area (Å²) >= 11 is 0. The third-order valence-electron chi connectivity index (χ3n) is 3.08. The summed E-state index contributed by atoms with van der Waals surface area (Å²) in [4.78, 5) is 0. The Bertz CT molecular complexity index is 197. The van der Waals surface area contributed by atoms with Crippen molar-refractivity contribution in [3.05, 3.63) is 0 Å². The molecular weight excluding hydrogens is 206 g/mol. The number of hydrogen-bond donors (Lipinski definition) is 1. The first-order valence-corrected chi connectivity index (χ1v) is 8.52. The van der Waals surface area contributed by atoms with Crippen LogP contribution in [0.5, 0.6) is 0 Å². The molecule has 1 N–H and O–H groups in total. The zero-order valence-electron chi connectivity index (χ0n) is 10.7. The molecule has 0 aromatic rings. The largest absolute Gasteiger partial charge is 0.417 e. The Kier molecular flexibility index (Phi) is 6.13. The van der Waals surface area contributed by atoms with Crippen molar-refractivity contribution in [2.24, 2.45) is 5.16 Å². The first kappa shape index (κ1) is 14.6. The van der Waals surface area contributed by atoms with Crippen LogP contribution in [-0.4, -0.2) is 26.3 Å². The summed E-state index contributed by atoms with van der Waals surface area (Å²) in [6.07, 6.45) is 4.43. The number of hydrogen-bond acceptors (Lipinski definition) is 3. The van der Waals surface area contributed by atoms with Gasteiger partial charge in [-0.15, -0.1) is 5.16 Å². The molecule has 0 bridgehead atoms. The predicted octanol–water partition coefficient (Wildman–Crippen LogP) is 3.64. The maximum atomic E-state index is 8.20. The Morgan fingerprint density at radius 1 is 1.27 bits per heavy atom. The SMILES string of the molecule is CC(C)(C)[Si](C)(C)OCCCC/C=N\O. The molecule has 0 aliphatic carbocycles. The predicted molar refractivity (Wildman–Crippen MR) is 67.3 cm³/mol. The van der Waals surface area contributed by atoms with Gasteiger partial charge in [0.1, 0.15) is 0 Å². The number of unbranched alkanes of at least 4 members (excludes halogenated alkanes) is 2. The van der Waals surface area contributed by atoms with Gasteiger partial charge in [0.2, 0.25) is 0 Å². The van der Waals surface area contributed by atoms with E-state index in [1.165, 1.54) is 6.21 Å². The second-order valence-electron chi connectivity index (χ2n) is 5.40. The minimum absolute atomic E-state index is 0.291. The van der Waals surface area contributed by atoms with E-state index in [1.54, 1.807) is 0 Å². The van der Waals surface area contributed by atoms with Gasteiger partial charge in [0.25, 0.3) is 0 Å². The second kappa shape index (κ2) is 6.28. The van der Waals surface area contributed by atoms with Crippen LogP contribution in [0.3, 0.4) is 0 Å². The quantitative estimate of drug-likeness (QED) is 0.249. The second-order valence-corrected chi connectivity index (χ2v) is 10.2. The Balaban J connectivity index is 3.67. The van der Waals surface area contributed by atoms with Gasteiger partial charge in [0.05, 0.1) is 0 Å². The molecule has 3 nitrogen and oxygen atoms in total. The first-order chi connectivity index (χ1) is 6.81. The minimum Gasteiger partial charge on any atom is -0.417 e. The smallest absolute Gasteiger partial charge is 0.191 e. The molecule has 0 aromatic carbocycles. The lowest BCUT2D eigenvalue weighted by molar-refractivity contribution is 0.279. The molecule has 0 aromatic heterocycles. The van der Waals surface area contributed by atoms with Crippen molar-refractivity contribution in [2.45, 2.75) is 58.2 Å². The van der Waals surface area contributed by atoms with Crippen LogP contribution in [0.2, 0.25) is 18.1 Å². The van der Waals surface area contributed by atoms with Gasteiger partial charge in [0.15, 0.2) is 8.32 Å². The van der Waals surface area contributed by atoms with Gasteiger partial charge >= 0.3 is 0 Å². The Morgan fingerprint density at radius 2 is 1.87 bits per heavy atom. The summed E-state index contributed by atoms with van der Waals surface area (Å²) in [6, 6.07) is 0. The zero-order valence-corrected chi connectivity index (χ0v) is 11.7. The maximum absolute atomic E-state index is 8.20. The van der Waals surface area contributed by atoms with Crippen LogP contribution in [-0.2, 0) is 4.43 Å². The van der Waals surface area contributed by atoms with Gasteiger partial charge in [-0.05, 0) is 37.4 Å². The molecule has 0 radical (unpaired) electrons. The average molecular weight is 231 g/mol. The number of oxime groups is 1. The van der Waals surface area contributed by atoms with E-state index in [9.17, 15) is 0 Å². The molecule has 4 heteroatoms. The molecule has 0 saturated carbocycles. The van der Waals surface area contributed by atoms with Crippen LogP contribution < -0.4 is 0 Å². The Labute approximate surface area is 94.7 Å². The van der Waals surface area contributed by atoms with Crippen LogP contribution in [0, 0.1) is 0 Å². The third-order valence-corrected chi connectivity index (χ3v) is 7.62. The van der Waals surface area contributed by atoms with Crippen LogP contribution >= 0.6 is 0 Å². The van der Waals surface area contributed by atoms with E-state index < -0.39 is 8.32 Å². The van der Waals surface area contributed by atoms with Crippen molar-refractivity contribution in [2.75, 3.05) is 6.61 Å². The van der Waals surface area contributed by atoms with Gasteiger partial charge in [0, 0.05) is 12.8 Å². The monoisotopic (exact) mass is 231 g/mol. The zero-order chi connectivity index (χ0) is 11.9. The molecule has 0 amide bonds. The summed E-state index contributed by atoms with van der Waals surface area (Å²) in [7, 11) is -1.56. The van der Waals surface area contributed by atoms with Gasteiger partial charge < -0.3 is 9.63 Å². The Morgan fingerprint density at radius 3 is 2.33 bits per heavy atom. The van der Waals surface area contributed by atoms with Gasteiger partial charge in [-0.3, -0.25) is 0 Å². The summed E-state index contributed by atoms with van der Waals surface area (Å²) in [6.45, 7) is 12.1. The fourth-order valence-electron chi connectivity index (χ4n) is 0.939. The fraction of sp³-hybridized carbons (Fsp3) is 0.909. The van der Waals surface area contributed by atoms with E-state index in [0.29, 0.717) is 5.04 Å². The normalized spacial score (nSPS) is 13.7. The van der Waals surface area contributed by atoms with Gasteiger partial charge in [-0.1, -0.05) is 20.8 Å². The molecule has 0 aliphatic rings. The van der Waals surface area contributed by atoms with Crippen molar-refractivity contribution in [3.63, 3.8) is 0 Å². The van der Waals surface area contributed by atoms with E-state index in [-0.39, 0.29) is 0 Å². The molecule has 15 heavy (non-hydrogen) atoms. The summed E-state index contributed by atoms with van der Waals surface area (Å²) < 4.78 is 6.01. The number of rotatable bonds is 6. The molecule has 0 saturated heterocycles. The molecule has 0 atom stereocenters. The molecule has 90 valence electrons. The van der Waals surface area contributed by atoms with Crippen molar-refractivity contribution < 1.29 is 9.63 Å². The Hall–Kier alpha value is -0.353. The van der Waals surface area contributed by atoms with Crippen molar-refractivity contribution in [3.8, 4) is 0 Å². The standard InChI is InChI=1S/C11H25NO2Si/c1-11(2,3)15(4,5)14-10-8-6-7-9-12-13/h9,13H,6-8,10H2,1-5H3/b12-9-. The molecular formula is C11H25NO2Si. The van der Waals surface area contributed by atoms with E-state index in [0.717, 1.165) is 25.9 Å². The van der Waals surface area contributed by atoms with Gasteiger partial charge in [-0.2, -0.15) is 0 Å². The summed E-state index contributed by atoms with van der Waals surface area (Å²) in [5.41, 5.74) is 0. The van der Waals surface area contributed by atoms with Crippen molar-refractivity contribution >= 4 is 14.5 Å². The van der Waals surface area contributed by atoms with Crippen molar-refractivity contribution in [1.29, 1.82) is 0 Å².